The number of halogens is 3. The van der Waals surface area contributed by atoms with Gasteiger partial charge in [0.15, 0.2) is 0 Å². The number of aromatic nitrogens is 2. The molecule has 1 aromatic carbocycles. The third kappa shape index (κ3) is 3.25. The predicted octanol–water partition coefficient (Wildman–Crippen LogP) is 0.913. The summed E-state index contributed by atoms with van der Waals surface area (Å²) < 4.78 is 43.5. The first kappa shape index (κ1) is 13.8. The van der Waals surface area contributed by atoms with Crippen LogP contribution >= 0.6 is 0 Å². The van der Waals surface area contributed by atoms with Crippen LogP contribution < -0.4 is 15.6 Å². The van der Waals surface area contributed by atoms with Gasteiger partial charge in [-0.05, 0) is 17.4 Å². The Balaban J connectivity index is 2.14. The molecule has 0 aliphatic carbocycles. The SMILES string of the molecule is O=C(C[n+]1cc(=O)o[nH]1)Nc1ccccc1C(F)(F)F. The Bertz CT molecular complexity index is 675. The molecule has 2 aromatic rings. The highest BCUT2D eigenvalue weighted by Gasteiger charge is 2.33. The molecule has 6 nitrogen and oxygen atoms in total. The average molecular weight is 288 g/mol. The second-order valence-electron chi connectivity index (χ2n) is 3.86. The second kappa shape index (κ2) is 5.19. The van der Waals surface area contributed by atoms with E-state index >= 15 is 0 Å². The maximum atomic E-state index is 12.7. The summed E-state index contributed by atoms with van der Waals surface area (Å²) in [5, 5.41) is 4.24. The first-order valence-corrected chi connectivity index (χ1v) is 5.40. The van der Waals surface area contributed by atoms with Gasteiger partial charge in [-0.25, -0.2) is 4.79 Å². The number of hydrogen-bond acceptors (Lipinski definition) is 3. The van der Waals surface area contributed by atoms with Gasteiger partial charge in [0.25, 0.3) is 18.6 Å². The lowest BCUT2D eigenvalue weighted by Crippen LogP contribution is -2.41. The van der Waals surface area contributed by atoms with Crippen molar-refractivity contribution in [1.29, 1.82) is 0 Å². The van der Waals surface area contributed by atoms with Crippen LogP contribution in [0.3, 0.4) is 0 Å². The van der Waals surface area contributed by atoms with E-state index in [9.17, 15) is 22.8 Å². The average Bonchev–Trinajstić information content (AvgIpc) is 2.73. The number of para-hydroxylation sites is 1. The first-order chi connectivity index (χ1) is 9.36. The monoisotopic (exact) mass is 288 g/mol. The smallest absolute Gasteiger partial charge is 0.320 e. The number of nitrogens with one attached hydrogen (secondary N) is 2. The summed E-state index contributed by atoms with van der Waals surface area (Å²) in [7, 11) is 0. The van der Waals surface area contributed by atoms with Crippen LogP contribution in [0, 0.1) is 0 Å². The van der Waals surface area contributed by atoms with Gasteiger partial charge < -0.3 is 5.32 Å². The van der Waals surface area contributed by atoms with E-state index in [1.54, 1.807) is 0 Å². The Morgan fingerprint density at radius 2 is 2.05 bits per heavy atom. The highest BCUT2D eigenvalue weighted by molar-refractivity contribution is 5.90. The van der Waals surface area contributed by atoms with E-state index in [1.165, 1.54) is 12.1 Å². The number of aromatic amines is 1. The van der Waals surface area contributed by atoms with Crippen LogP contribution in [0.2, 0.25) is 0 Å². The number of amides is 1. The van der Waals surface area contributed by atoms with E-state index in [0.717, 1.165) is 23.0 Å². The molecule has 0 bridgehead atoms. The van der Waals surface area contributed by atoms with E-state index in [2.05, 4.69) is 15.1 Å². The Hall–Kier alpha value is -2.58. The molecule has 2 N–H and O–H groups in total. The molecular weight excluding hydrogens is 279 g/mol. The summed E-state index contributed by atoms with van der Waals surface area (Å²) in [5.74, 6) is -0.733. The van der Waals surface area contributed by atoms with Gasteiger partial charge >= 0.3 is 11.8 Å². The van der Waals surface area contributed by atoms with E-state index < -0.39 is 23.3 Å². The normalized spacial score (nSPS) is 11.3. The summed E-state index contributed by atoms with van der Waals surface area (Å²) in [6, 6.07) is 4.60. The fourth-order valence-electron chi connectivity index (χ4n) is 1.55. The van der Waals surface area contributed by atoms with Gasteiger partial charge in [-0.2, -0.15) is 13.2 Å². The highest BCUT2D eigenvalue weighted by atomic mass is 19.4. The van der Waals surface area contributed by atoms with Crippen molar-refractivity contribution in [2.75, 3.05) is 5.32 Å². The molecule has 0 unspecified atom stereocenters. The van der Waals surface area contributed by atoms with Gasteiger partial charge in [0.1, 0.15) is 0 Å². The fourth-order valence-corrected chi connectivity index (χ4v) is 1.55. The van der Waals surface area contributed by atoms with E-state index in [4.69, 9.17) is 0 Å². The van der Waals surface area contributed by atoms with Crippen molar-refractivity contribution in [1.82, 2.24) is 5.27 Å². The Morgan fingerprint density at radius 1 is 1.35 bits per heavy atom. The summed E-state index contributed by atoms with van der Waals surface area (Å²) in [4.78, 5) is 22.3. The molecule has 106 valence electrons. The van der Waals surface area contributed by atoms with Crippen LogP contribution in [-0.2, 0) is 17.5 Å². The van der Waals surface area contributed by atoms with Crippen molar-refractivity contribution in [3.05, 3.63) is 46.4 Å². The van der Waals surface area contributed by atoms with E-state index in [0.29, 0.717) is 0 Å². The van der Waals surface area contributed by atoms with Crippen molar-refractivity contribution in [2.24, 2.45) is 0 Å². The van der Waals surface area contributed by atoms with Crippen molar-refractivity contribution in [3.63, 3.8) is 0 Å². The highest BCUT2D eigenvalue weighted by Crippen LogP contribution is 2.34. The number of anilines is 1. The van der Waals surface area contributed by atoms with Crippen LogP contribution in [0.5, 0.6) is 0 Å². The zero-order valence-corrected chi connectivity index (χ0v) is 9.90. The lowest BCUT2D eigenvalue weighted by molar-refractivity contribution is -0.750. The number of hydrogen-bond donors (Lipinski definition) is 2. The molecule has 0 atom stereocenters. The van der Waals surface area contributed by atoms with Gasteiger partial charge in [-0.1, -0.05) is 16.8 Å². The lowest BCUT2D eigenvalue weighted by atomic mass is 10.1. The van der Waals surface area contributed by atoms with Crippen LogP contribution in [0.25, 0.3) is 0 Å². The number of H-pyrrole nitrogens is 1. The van der Waals surface area contributed by atoms with Crippen LogP contribution in [-0.4, -0.2) is 11.2 Å². The van der Waals surface area contributed by atoms with Crippen molar-refractivity contribution >= 4 is 11.6 Å². The molecule has 0 aliphatic heterocycles. The minimum Gasteiger partial charge on any atom is -0.320 e. The standard InChI is InChI=1S/C11H8F3N3O3/c12-11(13,14)7-3-1-2-4-8(7)15-9(18)5-17-6-10(19)20-16-17/h1-4,6H,5H2,(H-,15,16,18,19)/p+1. The van der Waals surface area contributed by atoms with E-state index in [-0.39, 0.29) is 12.2 Å². The maximum Gasteiger partial charge on any atom is 0.426 e. The zero-order valence-electron chi connectivity index (χ0n) is 9.90. The summed E-state index contributed by atoms with van der Waals surface area (Å²) in [6.45, 7) is -0.377. The predicted molar refractivity (Wildman–Crippen MR) is 59.6 cm³/mol. The van der Waals surface area contributed by atoms with Gasteiger partial charge in [0.2, 0.25) is 0 Å². The molecule has 2 rings (SSSR count). The molecule has 0 saturated carbocycles. The fraction of sp³-hybridized carbons (Fsp3) is 0.182. The van der Waals surface area contributed by atoms with Gasteiger partial charge in [0, 0.05) is 0 Å². The first-order valence-electron chi connectivity index (χ1n) is 5.40. The molecule has 9 heteroatoms. The van der Waals surface area contributed by atoms with Crippen LogP contribution in [0.4, 0.5) is 18.9 Å². The number of alkyl halides is 3. The molecule has 1 heterocycles. The second-order valence-corrected chi connectivity index (χ2v) is 3.86. The molecule has 20 heavy (non-hydrogen) atoms. The van der Waals surface area contributed by atoms with Crippen molar-refractivity contribution < 1.29 is 27.2 Å². The maximum absolute atomic E-state index is 12.7. The Kier molecular flexibility index (Phi) is 3.59. The molecule has 1 aromatic heterocycles. The van der Waals surface area contributed by atoms with Gasteiger partial charge in [0.05, 0.1) is 11.3 Å². The summed E-state index contributed by atoms with van der Waals surface area (Å²) >= 11 is 0. The minimum absolute atomic E-state index is 0.351. The molecule has 0 aliphatic rings. The molecule has 1 amide bonds. The number of benzene rings is 1. The van der Waals surface area contributed by atoms with E-state index in [1.807, 2.05) is 0 Å². The number of rotatable bonds is 3. The summed E-state index contributed by atoms with van der Waals surface area (Å²) in [5.41, 5.74) is -2.00. The zero-order chi connectivity index (χ0) is 14.8. The molecule has 0 spiro atoms. The van der Waals surface area contributed by atoms with Gasteiger partial charge in [-0.3, -0.25) is 9.32 Å². The molecule has 0 radical (unpaired) electrons. The third-order valence-corrected chi connectivity index (χ3v) is 2.35. The lowest BCUT2D eigenvalue weighted by Gasteiger charge is -2.12. The van der Waals surface area contributed by atoms with Crippen molar-refractivity contribution in [2.45, 2.75) is 12.7 Å². The topological polar surface area (TPSA) is 79.0 Å². The number of nitrogens with zero attached hydrogens (tertiary/aromatic N) is 1. The Morgan fingerprint density at radius 3 is 2.65 bits per heavy atom. The summed E-state index contributed by atoms with van der Waals surface area (Å²) in [6.07, 6.45) is -3.60. The molecular formula is C11H9F3N3O3+. The third-order valence-electron chi connectivity index (χ3n) is 2.35. The largest absolute Gasteiger partial charge is 0.426 e. The van der Waals surface area contributed by atoms with Crippen LogP contribution in [0.1, 0.15) is 5.56 Å². The Labute approximate surface area is 109 Å². The number of carbonyl (C=O) groups is 1. The number of carbonyl (C=O) groups excluding carboxylic acids is 1. The molecule has 0 saturated heterocycles. The van der Waals surface area contributed by atoms with Crippen molar-refractivity contribution in [3.8, 4) is 0 Å². The van der Waals surface area contributed by atoms with Crippen LogP contribution in [0.15, 0.2) is 39.8 Å². The van der Waals surface area contributed by atoms with Gasteiger partial charge in [-0.15, -0.1) is 0 Å². The molecule has 0 fully saturated rings. The minimum atomic E-state index is -4.57. The quantitative estimate of drug-likeness (QED) is 0.824.